The van der Waals surface area contributed by atoms with E-state index < -0.39 is 17.7 Å². The molecule has 0 radical (unpaired) electrons. The minimum atomic E-state index is -0.608. The van der Waals surface area contributed by atoms with Crippen LogP contribution in [0.1, 0.15) is 61.1 Å². The van der Waals surface area contributed by atoms with Crippen LogP contribution in [0.25, 0.3) is 0 Å². The molecule has 2 aromatic carbocycles. The van der Waals surface area contributed by atoms with Crippen LogP contribution in [-0.4, -0.2) is 30.2 Å². The number of aryl methyl sites for hydroxylation is 1. The largest absolute Gasteiger partial charge is 0.452 e. The Labute approximate surface area is 182 Å². The molecule has 0 spiro atoms. The van der Waals surface area contributed by atoms with Crippen molar-refractivity contribution < 1.29 is 23.9 Å². The van der Waals surface area contributed by atoms with Gasteiger partial charge in [-0.05, 0) is 75.4 Å². The smallest absolute Gasteiger partial charge is 0.412 e. The Kier molecular flexibility index (Phi) is 6.95. The number of ether oxygens (including phenoxy) is 2. The number of esters is 1. The van der Waals surface area contributed by atoms with E-state index in [0.717, 1.165) is 24.8 Å². The van der Waals surface area contributed by atoms with Crippen LogP contribution >= 0.6 is 0 Å². The molecule has 31 heavy (non-hydrogen) atoms. The van der Waals surface area contributed by atoms with Crippen LogP contribution in [0.3, 0.4) is 0 Å². The number of nitrogens with one attached hydrogen (secondary N) is 2. The van der Waals surface area contributed by atoms with Crippen molar-refractivity contribution in [3.63, 3.8) is 0 Å². The Balaban J connectivity index is 1.48. The van der Waals surface area contributed by atoms with Crippen LogP contribution in [0.15, 0.2) is 48.5 Å². The average molecular weight is 424 g/mol. The molecule has 0 aromatic heterocycles. The first-order valence-corrected chi connectivity index (χ1v) is 10.4. The van der Waals surface area contributed by atoms with Crippen LogP contribution in [0.4, 0.5) is 10.5 Å². The van der Waals surface area contributed by atoms with Crippen LogP contribution in [-0.2, 0) is 20.7 Å². The summed E-state index contributed by atoms with van der Waals surface area (Å²) in [5, 5.41) is 5.54. The van der Waals surface area contributed by atoms with E-state index in [4.69, 9.17) is 9.47 Å². The van der Waals surface area contributed by atoms with E-state index >= 15 is 0 Å². The summed E-state index contributed by atoms with van der Waals surface area (Å²) in [4.78, 5) is 36.3. The first-order valence-electron chi connectivity index (χ1n) is 10.4. The van der Waals surface area contributed by atoms with Gasteiger partial charge in [0.2, 0.25) is 0 Å². The fraction of sp³-hybridized carbons (Fsp3) is 0.375. The summed E-state index contributed by atoms with van der Waals surface area (Å²) < 4.78 is 10.3. The SMILES string of the molecule is CC(C)(C)OC(=O)Nc1ccc(C(=O)OCC(=O)N[C@H]2CCCc3ccccc32)cc1. The van der Waals surface area contributed by atoms with Crippen LogP contribution in [0.5, 0.6) is 0 Å². The Bertz CT molecular complexity index is 947. The van der Waals surface area contributed by atoms with Crippen molar-refractivity contribution in [2.75, 3.05) is 11.9 Å². The molecule has 2 amide bonds. The third-order valence-electron chi connectivity index (χ3n) is 4.80. The highest BCUT2D eigenvalue weighted by Crippen LogP contribution is 2.29. The summed E-state index contributed by atoms with van der Waals surface area (Å²) in [6.45, 7) is 4.97. The maximum atomic E-state index is 12.3. The van der Waals surface area contributed by atoms with E-state index in [0.29, 0.717) is 5.69 Å². The van der Waals surface area contributed by atoms with Gasteiger partial charge in [-0.1, -0.05) is 24.3 Å². The van der Waals surface area contributed by atoms with E-state index in [1.54, 1.807) is 32.9 Å². The summed E-state index contributed by atoms with van der Waals surface area (Å²) in [5.74, 6) is -0.943. The quantitative estimate of drug-likeness (QED) is 0.695. The monoisotopic (exact) mass is 424 g/mol. The van der Waals surface area contributed by atoms with E-state index in [-0.39, 0.29) is 24.1 Å². The first-order chi connectivity index (χ1) is 14.7. The predicted octanol–water partition coefficient (Wildman–Crippen LogP) is 4.38. The van der Waals surface area contributed by atoms with Crippen LogP contribution < -0.4 is 10.6 Å². The summed E-state index contributed by atoms with van der Waals surface area (Å²) in [5.41, 5.74) is 2.54. The highest BCUT2D eigenvalue weighted by atomic mass is 16.6. The second-order valence-corrected chi connectivity index (χ2v) is 8.49. The third-order valence-corrected chi connectivity index (χ3v) is 4.80. The number of fused-ring (bicyclic) bond motifs is 1. The van der Waals surface area contributed by atoms with Crippen molar-refractivity contribution in [1.82, 2.24) is 5.32 Å². The Morgan fingerprint density at radius 3 is 2.45 bits per heavy atom. The van der Waals surface area contributed by atoms with E-state index in [9.17, 15) is 14.4 Å². The zero-order chi connectivity index (χ0) is 22.4. The molecule has 3 rings (SSSR count). The van der Waals surface area contributed by atoms with Gasteiger partial charge >= 0.3 is 12.1 Å². The van der Waals surface area contributed by atoms with Crippen LogP contribution in [0, 0.1) is 0 Å². The summed E-state index contributed by atoms with van der Waals surface area (Å²) in [6, 6.07) is 14.2. The maximum Gasteiger partial charge on any atom is 0.412 e. The lowest BCUT2D eigenvalue weighted by Gasteiger charge is -2.26. The van der Waals surface area contributed by atoms with Gasteiger partial charge in [-0.15, -0.1) is 0 Å². The lowest BCUT2D eigenvalue weighted by Crippen LogP contribution is -2.34. The maximum absolute atomic E-state index is 12.3. The van der Waals surface area contributed by atoms with Gasteiger partial charge in [-0.3, -0.25) is 10.1 Å². The lowest BCUT2D eigenvalue weighted by atomic mass is 9.88. The molecule has 0 unspecified atom stereocenters. The van der Waals surface area contributed by atoms with Crippen molar-refractivity contribution in [1.29, 1.82) is 0 Å². The van der Waals surface area contributed by atoms with Crippen molar-refractivity contribution in [2.24, 2.45) is 0 Å². The lowest BCUT2D eigenvalue weighted by molar-refractivity contribution is -0.125. The molecule has 7 heteroatoms. The fourth-order valence-electron chi connectivity index (χ4n) is 3.47. The summed E-state index contributed by atoms with van der Waals surface area (Å²) in [7, 11) is 0. The highest BCUT2D eigenvalue weighted by Gasteiger charge is 2.22. The third kappa shape index (κ3) is 6.57. The van der Waals surface area contributed by atoms with Gasteiger partial charge in [0.25, 0.3) is 5.91 Å². The normalized spacial score (nSPS) is 15.4. The number of benzene rings is 2. The molecule has 0 heterocycles. The van der Waals surface area contributed by atoms with Gasteiger partial charge in [0.05, 0.1) is 11.6 Å². The number of carbonyl (C=O) groups is 3. The molecule has 164 valence electrons. The molecule has 1 aliphatic carbocycles. The Hall–Kier alpha value is -3.35. The average Bonchev–Trinajstić information content (AvgIpc) is 2.71. The number of carbonyl (C=O) groups excluding carboxylic acids is 3. The van der Waals surface area contributed by atoms with Crippen molar-refractivity contribution in [3.05, 3.63) is 65.2 Å². The minimum absolute atomic E-state index is 0.0608. The number of rotatable bonds is 5. The van der Waals surface area contributed by atoms with E-state index in [2.05, 4.69) is 16.7 Å². The van der Waals surface area contributed by atoms with Gasteiger partial charge in [-0.25, -0.2) is 9.59 Å². The number of amides is 2. The second kappa shape index (κ2) is 9.64. The van der Waals surface area contributed by atoms with Gasteiger partial charge in [-0.2, -0.15) is 0 Å². The number of hydrogen-bond donors (Lipinski definition) is 2. The van der Waals surface area contributed by atoms with E-state index in [1.165, 1.54) is 17.7 Å². The summed E-state index contributed by atoms with van der Waals surface area (Å²) in [6.07, 6.45) is 2.30. The highest BCUT2D eigenvalue weighted by molar-refractivity contribution is 5.92. The Morgan fingerprint density at radius 2 is 1.74 bits per heavy atom. The molecule has 2 aromatic rings. The minimum Gasteiger partial charge on any atom is -0.452 e. The molecule has 0 aliphatic heterocycles. The molecular weight excluding hydrogens is 396 g/mol. The fourth-order valence-corrected chi connectivity index (χ4v) is 3.47. The van der Waals surface area contributed by atoms with E-state index in [1.807, 2.05) is 18.2 Å². The van der Waals surface area contributed by atoms with Gasteiger partial charge < -0.3 is 14.8 Å². The molecule has 0 saturated carbocycles. The topological polar surface area (TPSA) is 93.7 Å². The van der Waals surface area contributed by atoms with Crippen molar-refractivity contribution in [2.45, 2.75) is 51.7 Å². The van der Waals surface area contributed by atoms with Gasteiger partial charge in [0.15, 0.2) is 6.61 Å². The zero-order valence-corrected chi connectivity index (χ0v) is 18.1. The predicted molar refractivity (Wildman–Crippen MR) is 117 cm³/mol. The standard InChI is InChI=1S/C24H28N2O5/c1-24(2,3)31-23(29)25-18-13-11-17(12-14-18)22(28)30-15-21(27)26-20-10-6-8-16-7-4-5-9-19(16)20/h4-5,7,9,11-14,20H,6,8,10,15H2,1-3H3,(H,25,29)(H,26,27)/t20-/m0/s1. The van der Waals surface area contributed by atoms with Gasteiger partial charge in [0.1, 0.15) is 5.60 Å². The molecule has 0 saturated heterocycles. The van der Waals surface area contributed by atoms with Gasteiger partial charge in [0, 0.05) is 5.69 Å². The zero-order valence-electron chi connectivity index (χ0n) is 18.1. The summed E-state index contributed by atoms with van der Waals surface area (Å²) >= 11 is 0. The van der Waals surface area contributed by atoms with Crippen molar-refractivity contribution in [3.8, 4) is 0 Å². The molecule has 2 N–H and O–H groups in total. The molecule has 1 atom stereocenters. The molecular formula is C24H28N2O5. The second-order valence-electron chi connectivity index (χ2n) is 8.49. The molecule has 0 bridgehead atoms. The molecule has 1 aliphatic rings. The molecule has 7 nitrogen and oxygen atoms in total. The Morgan fingerprint density at radius 1 is 1.03 bits per heavy atom. The first kappa shape index (κ1) is 22.3. The molecule has 0 fully saturated rings. The van der Waals surface area contributed by atoms with Crippen LogP contribution in [0.2, 0.25) is 0 Å². The number of hydrogen-bond acceptors (Lipinski definition) is 5. The number of anilines is 1. The van der Waals surface area contributed by atoms with Crippen molar-refractivity contribution >= 4 is 23.7 Å².